The fraction of sp³-hybridized carbons (Fsp3) is 0.533. The van der Waals surface area contributed by atoms with E-state index in [4.69, 9.17) is 11.6 Å². The van der Waals surface area contributed by atoms with Crippen LogP contribution in [-0.2, 0) is 0 Å². The van der Waals surface area contributed by atoms with Crippen molar-refractivity contribution in [1.82, 2.24) is 4.90 Å². The van der Waals surface area contributed by atoms with Gasteiger partial charge in [-0.05, 0) is 55.9 Å². The summed E-state index contributed by atoms with van der Waals surface area (Å²) in [6.07, 6.45) is 3.18. The Hall–Kier alpha value is -1.22. The van der Waals surface area contributed by atoms with Gasteiger partial charge in [0.25, 0.3) is 5.91 Å². The van der Waals surface area contributed by atoms with Crippen LogP contribution in [0.15, 0.2) is 18.2 Å². The summed E-state index contributed by atoms with van der Waals surface area (Å²) in [6.45, 7) is 3.47. The van der Waals surface area contributed by atoms with Crippen molar-refractivity contribution in [2.45, 2.75) is 26.2 Å². The summed E-state index contributed by atoms with van der Waals surface area (Å²) in [5.41, 5.74) is 1.51. The molecule has 0 saturated carbocycles. The third-order valence-corrected chi connectivity index (χ3v) is 3.98. The Morgan fingerprint density at radius 2 is 2.32 bits per heavy atom. The molecule has 4 heteroatoms. The Kier molecular flexibility index (Phi) is 4.70. The van der Waals surface area contributed by atoms with Crippen LogP contribution >= 0.6 is 11.6 Å². The van der Waals surface area contributed by atoms with Crippen LogP contribution < -0.4 is 0 Å². The van der Waals surface area contributed by atoms with Gasteiger partial charge in [-0.25, -0.2) is 0 Å². The molecular weight excluding hydrogens is 262 g/mol. The molecule has 1 heterocycles. The van der Waals surface area contributed by atoms with Gasteiger partial charge in [0.1, 0.15) is 5.75 Å². The lowest BCUT2D eigenvalue weighted by molar-refractivity contribution is 0.0671. The van der Waals surface area contributed by atoms with Gasteiger partial charge >= 0.3 is 0 Å². The molecule has 1 aromatic carbocycles. The number of phenolic OH excluding ortho intramolecular Hbond substituents is 1. The van der Waals surface area contributed by atoms with Crippen molar-refractivity contribution in [2.75, 3.05) is 19.0 Å². The molecule has 104 valence electrons. The standard InChI is InChI=1S/C15H20ClNO2/c1-11-9-13(18)4-5-14(11)15(19)17-8-2-3-12(10-17)6-7-16/h4-5,9,12,18H,2-3,6-8,10H2,1H3. The third-order valence-electron chi connectivity index (χ3n) is 3.76. The van der Waals surface area contributed by atoms with E-state index in [0.29, 0.717) is 17.4 Å². The zero-order valence-electron chi connectivity index (χ0n) is 11.2. The van der Waals surface area contributed by atoms with Gasteiger partial charge in [0, 0.05) is 24.5 Å². The van der Waals surface area contributed by atoms with E-state index in [1.807, 2.05) is 11.8 Å². The molecule has 0 aromatic heterocycles. The molecule has 19 heavy (non-hydrogen) atoms. The van der Waals surface area contributed by atoms with Crippen LogP contribution in [0.4, 0.5) is 0 Å². The number of hydrogen-bond donors (Lipinski definition) is 1. The molecule has 1 atom stereocenters. The van der Waals surface area contributed by atoms with Crippen molar-refractivity contribution < 1.29 is 9.90 Å². The quantitative estimate of drug-likeness (QED) is 0.865. The van der Waals surface area contributed by atoms with Crippen LogP contribution in [0.1, 0.15) is 35.2 Å². The predicted octanol–water partition coefficient (Wildman–Crippen LogP) is 3.18. The van der Waals surface area contributed by atoms with Crippen molar-refractivity contribution in [3.05, 3.63) is 29.3 Å². The molecule has 1 aliphatic rings. The second-order valence-corrected chi connectivity index (χ2v) is 5.61. The van der Waals surface area contributed by atoms with Gasteiger partial charge in [-0.2, -0.15) is 0 Å². The number of phenols is 1. The minimum absolute atomic E-state index is 0.0665. The van der Waals surface area contributed by atoms with Crippen LogP contribution in [0.25, 0.3) is 0 Å². The molecule has 1 amide bonds. The van der Waals surface area contributed by atoms with E-state index in [-0.39, 0.29) is 11.7 Å². The number of alkyl halides is 1. The van der Waals surface area contributed by atoms with Gasteiger partial charge in [0.2, 0.25) is 0 Å². The summed E-state index contributed by atoms with van der Waals surface area (Å²) in [5.74, 6) is 1.45. The van der Waals surface area contributed by atoms with Gasteiger partial charge in [-0.3, -0.25) is 4.79 Å². The smallest absolute Gasteiger partial charge is 0.254 e. The summed E-state index contributed by atoms with van der Waals surface area (Å²) >= 11 is 5.79. The largest absolute Gasteiger partial charge is 0.508 e. The topological polar surface area (TPSA) is 40.5 Å². The molecule has 1 fully saturated rings. The van der Waals surface area contributed by atoms with Gasteiger partial charge in [-0.1, -0.05) is 0 Å². The van der Waals surface area contributed by atoms with E-state index in [9.17, 15) is 9.90 Å². The normalized spacial score (nSPS) is 19.5. The molecule has 0 radical (unpaired) electrons. The Balaban J connectivity index is 2.10. The number of nitrogens with zero attached hydrogens (tertiary/aromatic N) is 1. The number of carbonyl (C=O) groups is 1. The lowest BCUT2D eigenvalue weighted by Gasteiger charge is -2.33. The number of rotatable bonds is 3. The summed E-state index contributed by atoms with van der Waals surface area (Å²) < 4.78 is 0. The summed E-state index contributed by atoms with van der Waals surface area (Å²) in [4.78, 5) is 14.4. The summed E-state index contributed by atoms with van der Waals surface area (Å²) in [6, 6.07) is 4.91. The van der Waals surface area contributed by atoms with E-state index in [1.54, 1.807) is 18.2 Å². The van der Waals surface area contributed by atoms with E-state index >= 15 is 0 Å². The number of halogens is 1. The van der Waals surface area contributed by atoms with Gasteiger partial charge in [-0.15, -0.1) is 11.6 Å². The molecule has 2 rings (SSSR count). The Bertz CT molecular complexity index is 459. The van der Waals surface area contributed by atoms with Crippen LogP contribution in [0.3, 0.4) is 0 Å². The van der Waals surface area contributed by atoms with Gasteiger partial charge in [0.05, 0.1) is 0 Å². The Labute approximate surface area is 119 Å². The molecule has 1 aliphatic heterocycles. The lowest BCUT2D eigenvalue weighted by Crippen LogP contribution is -2.40. The SMILES string of the molecule is Cc1cc(O)ccc1C(=O)N1CCCC(CCCl)C1. The van der Waals surface area contributed by atoms with E-state index in [2.05, 4.69) is 0 Å². The average Bonchev–Trinajstić information content (AvgIpc) is 2.39. The first-order valence-electron chi connectivity index (χ1n) is 6.76. The van der Waals surface area contributed by atoms with Crippen molar-refractivity contribution >= 4 is 17.5 Å². The average molecular weight is 282 g/mol. The Morgan fingerprint density at radius 3 is 3.00 bits per heavy atom. The fourth-order valence-corrected chi connectivity index (χ4v) is 3.01. The van der Waals surface area contributed by atoms with Crippen molar-refractivity contribution in [2.24, 2.45) is 5.92 Å². The summed E-state index contributed by atoms with van der Waals surface area (Å²) in [5, 5.41) is 9.40. The van der Waals surface area contributed by atoms with Gasteiger partial charge in [0.15, 0.2) is 0 Å². The zero-order chi connectivity index (χ0) is 13.8. The number of carbonyl (C=O) groups excluding carboxylic acids is 1. The fourth-order valence-electron chi connectivity index (χ4n) is 2.70. The molecule has 0 bridgehead atoms. The number of hydrogen-bond acceptors (Lipinski definition) is 2. The number of likely N-dealkylation sites (tertiary alicyclic amines) is 1. The highest BCUT2D eigenvalue weighted by Crippen LogP contribution is 2.23. The highest BCUT2D eigenvalue weighted by molar-refractivity contribution is 6.17. The van der Waals surface area contributed by atoms with Crippen LogP contribution in [0.5, 0.6) is 5.75 Å². The Morgan fingerprint density at radius 1 is 1.53 bits per heavy atom. The summed E-state index contributed by atoms with van der Waals surface area (Å²) in [7, 11) is 0. The second-order valence-electron chi connectivity index (χ2n) is 5.24. The number of aryl methyl sites for hydroxylation is 1. The maximum absolute atomic E-state index is 12.5. The first kappa shape index (κ1) is 14.2. The lowest BCUT2D eigenvalue weighted by atomic mass is 9.94. The number of piperidine rings is 1. The van der Waals surface area contributed by atoms with Crippen molar-refractivity contribution in [1.29, 1.82) is 0 Å². The van der Waals surface area contributed by atoms with Crippen molar-refractivity contribution in [3.63, 3.8) is 0 Å². The van der Waals surface area contributed by atoms with Crippen LogP contribution in [-0.4, -0.2) is 34.9 Å². The number of amides is 1. The van der Waals surface area contributed by atoms with Crippen LogP contribution in [0, 0.1) is 12.8 Å². The molecule has 1 N–H and O–H groups in total. The number of benzene rings is 1. The number of aromatic hydroxyl groups is 1. The minimum atomic E-state index is 0.0665. The zero-order valence-corrected chi connectivity index (χ0v) is 12.0. The monoisotopic (exact) mass is 281 g/mol. The maximum atomic E-state index is 12.5. The molecule has 1 saturated heterocycles. The third kappa shape index (κ3) is 3.41. The van der Waals surface area contributed by atoms with E-state index < -0.39 is 0 Å². The molecular formula is C15H20ClNO2. The maximum Gasteiger partial charge on any atom is 0.254 e. The van der Waals surface area contributed by atoms with Crippen molar-refractivity contribution in [3.8, 4) is 5.75 Å². The molecule has 0 aliphatic carbocycles. The molecule has 1 aromatic rings. The van der Waals surface area contributed by atoms with Crippen LogP contribution in [0.2, 0.25) is 0 Å². The first-order valence-corrected chi connectivity index (χ1v) is 7.30. The highest BCUT2D eigenvalue weighted by atomic mass is 35.5. The van der Waals surface area contributed by atoms with Gasteiger partial charge < -0.3 is 10.0 Å². The predicted molar refractivity (Wildman–Crippen MR) is 76.8 cm³/mol. The van der Waals surface area contributed by atoms with E-state index in [0.717, 1.165) is 37.9 Å². The second kappa shape index (κ2) is 6.29. The first-order chi connectivity index (χ1) is 9.11. The molecule has 0 spiro atoms. The minimum Gasteiger partial charge on any atom is -0.508 e. The molecule has 3 nitrogen and oxygen atoms in total. The highest BCUT2D eigenvalue weighted by Gasteiger charge is 2.24. The molecule has 1 unspecified atom stereocenters. The van der Waals surface area contributed by atoms with E-state index in [1.165, 1.54) is 0 Å².